The van der Waals surface area contributed by atoms with Crippen molar-refractivity contribution in [1.29, 1.82) is 0 Å². The van der Waals surface area contributed by atoms with Crippen molar-refractivity contribution in [3.8, 4) is 11.3 Å². The van der Waals surface area contributed by atoms with Gasteiger partial charge in [-0.25, -0.2) is 0 Å². The van der Waals surface area contributed by atoms with E-state index in [1.54, 1.807) is 6.20 Å². The Labute approximate surface area is 86.9 Å². The van der Waals surface area contributed by atoms with Gasteiger partial charge in [0.15, 0.2) is 0 Å². The molecule has 2 aromatic rings. The lowest BCUT2D eigenvalue weighted by atomic mass is 10.1. The van der Waals surface area contributed by atoms with E-state index in [-0.39, 0.29) is 0 Å². The molecule has 0 radical (unpaired) electrons. The van der Waals surface area contributed by atoms with Gasteiger partial charge in [0.1, 0.15) is 0 Å². The summed E-state index contributed by atoms with van der Waals surface area (Å²) in [6, 6.07) is 0. The highest BCUT2D eigenvalue weighted by Crippen LogP contribution is 2.24. The predicted molar refractivity (Wildman–Crippen MR) is 54.4 cm³/mol. The summed E-state index contributed by atoms with van der Waals surface area (Å²) in [6.45, 7) is 1.55. The zero-order valence-electron chi connectivity index (χ0n) is 8.29. The van der Waals surface area contributed by atoms with Gasteiger partial charge in [-0.05, 0) is 6.42 Å². The molecular weight excluding hydrogens is 192 g/mol. The van der Waals surface area contributed by atoms with Crippen LogP contribution in [0, 0.1) is 0 Å². The molecule has 0 fully saturated rings. The van der Waals surface area contributed by atoms with Crippen LogP contribution < -0.4 is 0 Å². The van der Waals surface area contributed by atoms with Gasteiger partial charge in [0.05, 0.1) is 25.1 Å². The number of hydrogen-bond donors (Lipinski definition) is 2. The minimum Gasteiger partial charge on any atom is -0.381 e. The van der Waals surface area contributed by atoms with Crippen LogP contribution in [0.3, 0.4) is 0 Å². The fourth-order valence-electron chi connectivity index (χ4n) is 1.95. The minimum absolute atomic E-state index is 0.775. The summed E-state index contributed by atoms with van der Waals surface area (Å²) in [5.74, 6) is 0. The SMILES string of the molecule is c1n[nH]cc1-c1n[nH]c2c1CCOCC2. The molecule has 0 unspecified atom stereocenters. The summed E-state index contributed by atoms with van der Waals surface area (Å²) < 4.78 is 5.44. The van der Waals surface area contributed by atoms with Gasteiger partial charge in [-0.15, -0.1) is 0 Å². The molecular formula is C10H12N4O. The minimum atomic E-state index is 0.775. The molecule has 5 nitrogen and oxygen atoms in total. The lowest BCUT2D eigenvalue weighted by Crippen LogP contribution is -1.96. The first kappa shape index (κ1) is 8.67. The van der Waals surface area contributed by atoms with Gasteiger partial charge in [-0.2, -0.15) is 10.2 Å². The van der Waals surface area contributed by atoms with Crippen molar-refractivity contribution >= 4 is 0 Å². The van der Waals surface area contributed by atoms with Crippen molar-refractivity contribution in [1.82, 2.24) is 20.4 Å². The molecule has 2 aromatic heterocycles. The highest BCUT2D eigenvalue weighted by Gasteiger charge is 2.17. The van der Waals surface area contributed by atoms with E-state index in [0.29, 0.717) is 0 Å². The Morgan fingerprint density at radius 2 is 2.20 bits per heavy atom. The molecule has 0 aliphatic carbocycles. The third-order valence-electron chi connectivity index (χ3n) is 2.72. The molecule has 0 aromatic carbocycles. The first-order chi connectivity index (χ1) is 7.45. The fraction of sp³-hybridized carbons (Fsp3) is 0.400. The average molecular weight is 204 g/mol. The largest absolute Gasteiger partial charge is 0.381 e. The molecule has 0 saturated carbocycles. The molecule has 2 N–H and O–H groups in total. The van der Waals surface area contributed by atoms with E-state index >= 15 is 0 Å². The molecule has 3 heterocycles. The van der Waals surface area contributed by atoms with E-state index in [9.17, 15) is 0 Å². The van der Waals surface area contributed by atoms with Crippen LogP contribution in [0.15, 0.2) is 12.4 Å². The maximum absolute atomic E-state index is 5.44. The molecule has 5 heteroatoms. The van der Waals surface area contributed by atoms with E-state index in [1.807, 2.05) is 6.20 Å². The number of rotatable bonds is 1. The van der Waals surface area contributed by atoms with Crippen LogP contribution in [0.25, 0.3) is 11.3 Å². The van der Waals surface area contributed by atoms with E-state index < -0.39 is 0 Å². The van der Waals surface area contributed by atoms with Crippen molar-refractivity contribution in [2.24, 2.45) is 0 Å². The molecule has 1 aliphatic rings. The maximum atomic E-state index is 5.44. The van der Waals surface area contributed by atoms with Crippen molar-refractivity contribution in [3.63, 3.8) is 0 Å². The topological polar surface area (TPSA) is 66.6 Å². The zero-order valence-corrected chi connectivity index (χ0v) is 8.29. The molecule has 1 aliphatic heterocycles. The molecule has 0 amide bonds. The maximum Gasteiger partial charge on any atom is 0.0987 e. The van der Waals surface area contributed by atoms with Crippen molar-refractivity contribution in [2.45, 2.75) is 12.8 Å². The quantitative estimate of drug-likeness (QED) is 0.725. The summed E-state index contributed by atoms with van der Waals surface area (Å²) in [6.07, 6.45) is 5.50. The van der Waals surface area contributed by atoms with Gasteiger partial charge in [-0.3, -0.25) is 10.2 Å². The van der Waals surface area contributed by atoms with Gasteiger partial charge < -0.3 is 4.74 Å². The second-order valence-electron chi connectivity index (χ2n) is 3.63. The highest BCUT2D eigenvalue weighted by atomic mass is 16.5. The fourth-order valence-corrected chi connectivity index (χ4v) is 1.95. The van der Waals surface area contributed by atoms with E-state index in [1.165, 1.54) is 11.3 Å². The third kappa shape index (κ3) is 1.45. The average Bonchev–Trinajstić information content (AvgIpc) is 2.83. The molecule has 15 heavy (non-hydrogen) atoms. The highest BCUT2D eigenvalue weighted by molar-refractivity contribution is 5.62. The molecule has 0 bridgehead atoms. The lowest BCUT2D eigenvalue weighted by molar-refractivity contribution is 0.146. The second kappa shape index (κ2) is 3.51. The summed E-state index contributed by atoms with van der Waals surface area (Å²) >= 11 is 0. The van der Waals surface area contributed by atoms with Gasteiger partial charge in [-0.1, -0.05) is 0 Å². The van der Waals surface area contributed by atoms with Crippen LogP contribution in [-0.2, 0) is 17.6 Å². The smallest absolute Gasteiger partial charge is 0.0987 e. The molecule has 78 valence electrons. The van der Waals surface area contributed by atoms with E-state index in [4.69, 9.17) is 4.74 Å². The number of aromatic amines is 2. The van der Waals surface area contributed by atoms with Gasteiger partial charge in [0.2, 0.25) is 0 Å². The molecule has 0 atom stereocenters. The Morgan fingerprint density at radius 3 is 3.07 bits per heavy atom. The third-order valence-corrected chi connectivity index (χ3v) is 2.72. The van der Waals surface area contributed by atoms with Crippen molar-refractivity contribution in [3.05, 3.63) is 23.7 Å². The van der Waals surface area contributed by atoms with Crippen LogP contribution in [0.5, 0.6) is 0 Å². The predicted octanol–water partition coefficient (Wildman–Crippen LogP) is 0.915. The first-order valence-electron chi connectivity index (χ1n) is 5.08. The first-order valence-corrected chi connectivity index (χ1v) is 5.08. The van der Waals surface area contributed by atoms with Gasteiger partial charge >= 0.3 is 0 Å². The van der Waals surface area contributed by atoms with Crippen molar-refractivity contribution in [2.75, 3.05) is 13.2 Å². The standard InChI is InChI=1S/C10H12N4O/c1-3-15-4-2-9-8(1)10(14-13-9)7-5-11-12-6-7/h5-6H,1-4H2,(H,11,12)(H,13,14). The van der Waals surface area contributed by atoms with Gasteiger partial charge in [0.25, 0.3) is 0 Å². The summed E-state index contributed by atoms with van der Waals surface area (Å²) in [5, 5.41) is 14.2. The number of nitrogens with zero attached hydrogens (tertiary/aromatic N) is 2. The zero-order chi connectivity index (χ0) is 10.1. The normalized spacial score (nSPS) is 16.0. The Balaban J connectivity index is 2.06. The number of ether oxygens (including phenoxy) is 1. The Morgan fingerprint density at radius 1 is 1.27 bits per heavy atom. The monoisotopic (exact) mass is 204 g/mol. The Hall–Kier alpha value is -1.62. The second-order valence-corrected chi connectivity index (χ2v) is 3.63. The van der Waals surface area contributed by atoms with Crippen LogP contribution >= 0.6 is 0 Å². The number of hydrogen-bond acceptors (Lipinski definition) is 3. The molecule has 3 rings (SSSR count). The van der Waals surface area contributed by atoms with E-state index in [2.05, 4.69) is 20.4 Å². The Bertz CT molecular complexity index is 446. The molecule has 0 saturated heterocycles. The Kier molecular flexibility index (Phi) is 2.03. The number of fused-ring (bicyclic) bond motifs is 1. The summed E-state index contributed by atoms with van der Waals surface area (Å²) in [4.78, 5) is 0. The number of H-pyrrole nitrogens is 2. The van der Waals surface area contributed by atoms with Crippen LogP contribution in [-0.4, -0.2) is 33.6 Å². The van der Waals surface area contributed by atoms with Crippen LogP contribution in [0.1, 0.15) is 11.3 Å². The van der Waals surface area contributed by atoms with Gasteiger partial charge in [0, 0.05) is 29.4 Å². The number of aromatic nitrogens is 4. The van der Waals surface area contributed by atoms with Crippen LogP contribution in [0.2, 0.25) is 0 Å². The number of nitrogens with one attached hydrogen (secondary N) is 2. The molecule has 0 spiro atoms. The van der Waals surface area contributed by atoms with Crippen molar-refractivity contribution < 1.29 is 4.74 Å². The summed E-state index contributed by atoms with van der Waals surface area (Å²) in [7, 11) is 0. The lowest BCUT2D eigenvalue weighted by Gasteiger charge is -1.98. The summed E-state index contributed by atoms with van der Waals surface area (Å²) in [5.41, 5.74) is 4.51. The van der Waals surface area contributed by atoms with Crippen LogP contribution in [0.4, 0.5) is 0 Å². The van der Waals surface area contributed by atoms with E-state index in [0.717, 1.165) is 37.3 Å².